The lowest BCUT2D eigenvalue weighted by atomic mass is 10.1. The van der Waals surface area contributed by atoms with Crippen LogP contribution in [0, 0.1) is 11.3 Å². The van der Waals surface area contributed by atoms with E-state index in [0.29, 0.717) is 5.56 Å². The largest absolute Gasteiger partial charge is 0.382 e. The predicted molar refractivity (Wildman–Crippen MR) is 94.6 cm³/mol. The number of aromatic nitrogens is 1. The van der Waals surface area contributed by atoms with Crippen LogP contribution in [0.2, 0.25) is 0 Å². The average molecular weight is 309 g/mol. The molecule has 1 aromatic heterocycles. The number of nitriles is 1. The van der Waals surface area contributed by atoms with E-state index in [2.05, 4.69) is 27.0 Å². The first-order chi connectivity index (χ1) is 11.3. The lowest BCUT2D eigenvalue weighted by Crippen LogP contribution is -2.20. The summed E-state index contributed by atoms with van der Waals surface area (Å²) in [5.41, 5.74) is 3.00. The van der Waals surface area contributed by atoms with Gasteiger partial charge < -0.3 is 16.0 Å². The molecule has 0 aliphatic rings. The molecule has 2 rings (SSSR count). The summed E-state index contributed by atoms with van der Waals surface area (Å²) in [7, 11) is 1.87. The molecule has 0 saturated heterocycles. The van der Waals surface area contributed by atoms with Gasteiger partial charge in [-0.1, -0.05) is 12.1 Å². The van der Waals surface area contributed by atoms with Crippen molar-refractivity contribution in [3.8, 4) is 6.07 Å². The highest BCUT2D eigenvalue weighted by Gasteiger charge is 1.99. The molecule has 0 aliphatic heterocycles. The van der Waals surface area contributed by atoms with Crippen molar-refractivity contribution in [2.45, 2.75) is 12.8 Å². The highest BCUT2D eigenvalue weighted by Crippen LogP contribution is 2.16. The molecule has 3 N–H and O–H groups in total. The van der Waals surface area contributed by atoms with Gasteiger partial charge in [0.2, 0.25) is 0 Å². The number of anilines is 2. The van der Waals surface area contributed by atoms with Gasteiger partial charge in [-0.05, 0) is 55.8 Å². The minimum atomic E-state index is 0.712. The van der Waals surface area contributed by atoms with Crippen LogP contribution in [-0.2, 0) is 6.42 Å². The Morgan fingerprint density at radius 1 is 1.09 bits per heavy atom. The number of rotatable bonds is 9. The lowest BCUT2D eigenvalue weighted by Gasteiger charge is -2.10. The van der Waals surface area contributed by atoms with E-state index in [4.69, 9.17) is 5.26 Å². The van der Waals surface area contributed by atoms with E-state index in [0.717, 1.165) is 44.0 Å². The molecule has 0 amide bonds. The Morgan fingerprint density at radius 2 is 1.91 bits per heavy atom. The Morgan fingerprint density at radius 3 is 2.65 bits per heavy atom. The standard InChI is InChI=1S/C18H23N5/c1-20-18-17(4-2-11-23-18)22-12-3-10-21-13-9-15-5-7-16(14-19)8-6-15/h2,4-8,11,21-22H,3,9-10,12-13H2,1H3,(H,20,23). The fourth-order valence-corrected chi connectivity index (χ4v) is 2.29. The van der Waals surface area contributed by atoms with Crippen molar-refractivity contribution in [2.75, 3.05) is 37.3 Å². The minimum absolute atomic E-state index is 0.712. The second-order valence-corrected chi connectivity index (χ2v) is 5.24. The van der Waals surface area contributed by atoms with Gasteiger partial charge in [-0.3, -0.25) is 0 Å². The Kier molecular flexibility index (Phi) is 6.89. The maximum atomic E-state index is 8.76. The Bertz CT molecular complexity index is 631. The van der Waals surface area contributed by atoms with Gasteiger partial charge in [-0.25, -0.2) is 4.98 Å². The molecule has 0 spiro atoms. The van der Waals surface area contributed by atoms with Crippen LogP contribution in [-0.4, -0.2) is 31.7 Å². The first-order valence-electron chi connectivity index (χ1n) is 7.90. The quantitative estimate of drug-likeness (QED) is 0.621. The van der Waals surface area contributed by atoms with E-state index in [1.165, 1.54) is 5.56 Å². The maximum Gasteiger partial charge on any atom is 0.149 e. The molecule has 0 bridgehead atoms. The molecule has 0 saturated carbocycles. The summed E-state index contributed by atoms with van der Waals surface area (Å²) in [6.45, 7) is 2.82. The monoisotopic (exact) mass is 309 g/mol. The van der Waals surface area contributed by atoms with Crippen LogP contribution in [0.15, 0.2) is 42.6 Å². The molecule has 5 heteroatoms. The van der Waals surface area contributed by atoms with Crippen LogP contribution in [0.25, 0.3) is 0 Å². The van der Waals surface area contributed by atoms with Crippen molar-refractivity contribution in [1.29, 1.82) is 5.26 Å². The average Bonchev–Trinajstić information content (AvgIpc) is 2.61. The van der Waals surface area contributed by atoms with Gasteiger partial charge in [0, 0.05) is 19.8 Å². The molecule has 23 heavy (non-hydrogen) atoms. The predicted octanol–water partition coefficient (Wildman–Crippen LogP) is 2.63. The molecule has 120 valence electrons. The second-order valence-electron chi connectivity index (χ2n) is 5.24. The van der Waals surface area contributed by atoms with Gasteiger partial charge in [0.15, 0.2) is 0 Å². The molecular weight excluding hydrogens is 286 g/mol. The van der Waals surface area contributed by atoms with Gasteiger partial charge in [-0.15, -0.1) is 0 Å². The summed E-state index contributed by atoms with van der Waals surface area (Å²) >= 11 is 0. The van der Waals surface area contributed by atoms with Crippen LogP contribution >= 0.6 is 0 Å². The molecule has 0 atom stereocenters. The SMILES string of the molecule is CNc1ncccc1NCCCNCCc1ccc(C#N)cc1. The second kappa shape index (κ2) is 9.44. The number of pyridine rings is 1. The number of nitrogens with zero attached hydrogens (tertiary/aromatic N) is 2. The Balaban J connectivity index is 1.58. The molecule has 0 radical (unpaired) electrons. The zero-order valence-corrected chi connectivity index (χ0v) is 13.5. The molecule has 0 unspecified atom stereocenters. The van der Waals surface area contributed by atoms with Crippen LogP contribution in [0.4, 0.5) is 11.5 Å². The van der Waals surface area contributed by atoms with Crippen LogP contribution in [0.5, 0.6) is 0 Å². The summed E-state index contributed by atoms with van der Waals surface area (Å²) in [4.78, 5) is 4.26. The first-order valence-corrected chi connectivity index (χ1v) is 7.90. The van der Waals surface area contributed by atoms with Crippen LogP contribution in [0.3, 0.4) is 0 Å². The Labute approximate surface area is 137 Å². The number of hydrogen-bond donors (Lipinski definition) is 3. The zero-order chi connectivity index (χ0) is 16.3. The summed E-state index contributed by atoms with van der Waals surface area (Å²) < 4.78 is 0. The van der Waals surface area contributed by atoms with Crippen molar-refractivity contribution in [1.82, 2.24) is 10.3 Å². The van der Waals surface area contributed by atoms with Crippen molar-refractivity contribution < 1.29 is 0 Å². The summed E-state index contributed by atoms with van der Waals surface area (Å²) in [6, 6.07) is 13.9. The van der Waals surface area contributed by atoms with Crippen molar-refractivity contribution >= 4 is 11.5 Å². The molecule has 5 nitrogen and oxygen atoms in total. The highest BCUT2D eigenvalue weighted by atomic mass is 15.0. The van der Waals surface area contributed by atoms with Crippen molar-refractivity contribution in [3.05, 3.63) is 53.7 Å². The van der Waals surface area contributed by atoms with E-state index in [1.54, 1.807) is 6.20 Å². The van der Waals surface area contributed by atoms with Crippen molar-refractivity contribution in [3.63, 3.8) is 0 Å². The van der Waals surface area contributed by atoms with Crippen molar-refractivity contribution in [2.24, 2.45) is 0 Å². The van der Waals surface area contributed by atoms with E-state index in [-0.39, 0.29) is 0 Å². The maximum absolute atomic E-state index is 8.76. The van der Waals surface area contributed by atoms with E-state index < -0.39 is 0 Å². The summed E-state index contributed by atoms with van der Waals surface area (Å²) in [5, 5.41) is 18.7. The third-order valence-electron chi connectivity index (χ3n) is 3.56. The molecule has 1 aromatic carbocycles. The Hall–Kier alpha value is -2.58. The molecule has 2 aromatic rings. The minimum Gasteiger partial charge on any atom is -0.382 e. The molecular formula is C18H23N5. The first kappa shape index (κ1) is 16.8. The van der Waals surface area contributed by atoms with E-state index in [9.17, 15) is 0 Å². The van der Waals surface area contributed by atoms with Gasteiger partial charge in [0.1, 0.15) is 5.82 Å². The lowest BCUT2D eigenvalue weighted by molar-refractivity contribution is 0.660. The summed E-state index contributed by atoms with van der Waals surface area (Å²) in [6.07, 6.45) is 3.80. The fourth-order valence-electron chi connectivity index (χ4n) is 2.29. The number of hydrogen-bond acceptors (Lipinski definition) is 5. The zero-order valence-electron chi connectivity index (χ0n) is 13.5. The van der Waals surface area contributed by atoms with Crippen LogP contribution in [0.1, 0.15) is 17.5 Å². The topological polar surface area (TPSA) is 72.8 Å². The molecule has 1 heterocycles. The molecule has 0 fully saturated rings. The van der Waals surface area contributed by atoms with Gasteiger partial charge in [0.05, 0.1) is 17.3 Å². The number of nitrogens with one attached hydrogen (secondary N) is 3. The van der Waals surface area contributed by atoms with Gasteiger partial charge >= 0.3 is 0 Å². The fraction of sp³-hybridized carbons (Fsp3) is 0.333. The highest BCUT2D eigenvalue weighted by molar-refractivity contribution is 5.63. The third-order valence-corrected chi connectivity index (χ3v) is 3.56. The number of benzene rings is 1. The van der Waals surface area contributed by atoms with E-state index in [1.807, 2.05) is 43.4 Å². The smallest absolute Gasteiger partial charge is 0.149 e. The van der Waals surface area contributed by atoms with E-state index >= 15 is 0 Å². The summed E-state index contributed by atoms with van der Waals surface area (Å²) in [5.74, 6) is 0.876. The normalized spacial score (nSPS) is 10.1. The van der Waals surface area contributed by atoms with Gasteiger partial charge in [0.25, 0.3) is 0 Å². The van der Waals surface area contributed by atoms with Crippen LogP contribution < -0.4 is 16.0 Å². The third kappa shape index (κ3) is 5.61. The van der Waals surface area contributed by atoms with Gasteiger partial charge in [-0.2, -0.15) is 5.26 Å². The molecule has 0 aliphatic carbocycles.